The Morgan fingerprint density at radius 3 is 2.75 bits per heavy atom. The van der Waals surface area contributed by atoms with Crippen LogP contribution in [-0.2, 0) is 9.57 Å². The van der Waals surface area contributed by atoms with Crippen molar-refractivity contribution in [2.45, 2.75) is 32.4 Å². The number of rotatable bonds is 5. The van der Waals surface area contributed by atoms with Crippen LogP contribution < -0.4 is 10.6 Å². The van der Waals surface area contributed by atoms with Gasteiger partial charge in [0, 0.05) is 12.6 Å². The van der Waals surface area contributed by atoms with Gasteiger partial charge in [-0.15, -0.1) is 0 Å². The minimum absolute atomic E-state index is 0.00178. The van der Waals surface area contributed by atoms with Gasteiger partial charge in [0.1, 0.15) is 11.3 Å². The van der Waals surface area contributed by atoms with Crippen LogP contribution in [0.15, 0.2) is 5.16 Å². The standard InChI is InChI=1S/C10H19N3O3/c1-5-12-9(14)16-13-8(7(2)11-4)10(3)6-15-10/h7,11H,5-6H2,1-4H3,(H,12,14)/b13-8-/t7-,10+/m0/s1. The van der Waals surface area contributed by atoms with Crippen molar-refractivity contribution in [3.8, 4) is 0 Å². The van der Waals surface area contributed by atoms with E-state index in [2.05, 4.69) is 15.8 Å². The minimum atomic E-state index is -0.549. The van der Waals surface area contributed by atoms with Crippen LogP contribution in [0.2, 0.25) is 0 Å². The van der Waals surface area contributed by atoms with Gasteiger partial charge in [-0.3, -0.25) is 4.84 Å². The molecule has 6 heteroatoms. The number of ether oxygens (including phenoxy) is 1. The largest absolute Gasteiger partial charge is 0.433 e. The van der Waals surface area contributed by atoms with Crippen molar-refractivity contribution in [1.82, 2.24) is 10.6 Å². The predicted octanol–water partition coefficient (Wildman–Crippen LogP) is 0.485. The molecule has 0 aromatic carbocycles. The van der Waals surface area contributed by atoms with Gasteiger partial charge in [0.25, 0.3) is 0 Å². The topological polar surface area (TPSA) is 75.2 Å². The SMILES string of the molecule is CCNC(=O)O/N=C(/[C@H](C)NC)[C@@]1(C)CO1. The molecule has 2 atom stereocenters. The van der Waals surface area contributed by atoms with Gasteiger partial charge in [-0.1, -0.05) is 5.16 Å². The van der Waals surface area contributed by atoms with Gasteiger partial charge in [-0.2, -0.15) is 0 Å². The number of amides is 1. The molecule has 92 valence electrons. The molecule has 0 aliphatic carbocycles. The molecule has 16 heavy (non-hydrogen) atoms. The highest BCUT2D eigenvalue weighted by molar-refractivity contribution is 5.98. The first kappa shape index (κ1) is 12.9. The zero-order chi connectivity index (χ0) is 12.2. The van der Waals surface area contributed by atoms with E-state index in [0.29, 0.717) is 18.9 Å². The number of hydrogen-bond donors (Lipinski definition) is 2. The Labute approximate surface area is 95.4 Å². The lowest BCUT2D eigenvalue weighted by atomic mass is 10.0. The van der Waals surface area contributed by atoms with Crippen LogP contribution in [0.1, 0.15) is 20.8 Å². The summed E-state index contributed by atoms with van der Waals surface area (Å²) in [5.74, 6) is 0. The molecule has 0 aromatic rings. The van der Waals surface area contributed by atoms with E-state index < -0.39 is 11.7 Å². The maximum atomic E-state index is 11.1. The van der Waals surface area contributed by atoms with Gasteiger partial charge in [-0.05, 0) is 27.8 Å². The zero-order valence-electron chi connectivity index (χ0n) is 10.2. The third kappa shape index (κ3) is 3.18. The van der Waals surface area contributed by atoms with Crippen LogP contribution in [0, 0.1) is 0 Å². The zero-order valence-corrected chi connectivity index (χ0v) is 10.2. The number of carbonyl (C=O) groups excluding carboxylic acids is 1. The molecule has 0 saturated carbocycles. The molecule has 0 radical (unpaired) electrons. The summed E-state index contributed by atoms with van der Waals surface area (Å²) in [6, 6.07) is 0.00178. The molecule has 1 aliphatic rings. The lowest BCUT2D eigenvalue weighted by molar-refractivity contribution is 0.149. The van der Waals surface area contributed by atoms with Crippen molar-refractivity contribution in [3.63, 3.8) is 0 Å². The van der Waals surface area contributed by atoms with Gasteiger partial charge in [0.15, 0.2) is 0 Å². The smallest absolute Gasteiger partial charge is 0.363 e. The number of oxime groups is 1. The van der Waals surface area contributed by atoms with Crippen LogP contribution in [0.25, 0.3) is 0 Å². The molecule has 1 saturated heterocycles. The van der Waals surface area contributed by atoms with E-state index in [-0.39, 0.29) is 6.04 Å². The highest BCUT2D eigenvalue weighted by Gasteiger charge is 2.47. The fourth-order valence-electron chi connectivity index (χ4n) is 1.29. The molecular weight excluding hydrogens is 210 g/mol. The third-order valence-corrected chi connectivity index (χ3v) is 2.51. The van der Waals surface area contributed by atoms with E-state index >= 15 is 0 Å². The predicted molar refractivity (Wildman–Crippen MR) is 60.5 cm³/mol. The summed E-state index contributed by atoms with van der Waals surface area (Å²) in [5.41, 5.74) is 0.302. The van der Waals surface area contributed by atoms with E-state index in [4.69, 9.17) is 9.57 Å². The summed E-state index contributed by atoms with van der Waals surface area (Å²) in [7, 11) is 1.82. The van der Waals surface area contributed by atoms with E-state index in [0.717, 1.165) is 0 Å². The lowest BCUT2D eigenvalue weighted by Crippen LogP contribution is -2.40. The summed E-state index contributed by atoms with van der Waals surface area (Å²) in [6.07, 6.45) is -0.549. The Balaban J connectivity index is 2.62. The molecule has 0 aromatic heterocycles. The summed E-state index contributed by atoms with van der Waals surface area (Å²) >= 11 is 0. The van der Waals surface area contributed by atoms with Crippen molar-refractivity contribution in [2.75, 3.05) is 20.2 Å². The molecule has 6 nitrogen and oxygen atoms in total. The third-order valence-electron chi connectivity index (χ3n) is 2.51. The average Bonchev–Trinajstić information content (AvgIpc) is 2.97. The van der Waals surface area contributed by atoms with Crippen molar-refractivity contribution in [3.05, 3.63) is 0 Å². The van der Waals surface area contributed by atoms with Crippen LogP contribution >= 0.6 is 0 Å². The summed E-state index contributed by atoms with van der Waals surface area (Å²) < 4.78 is 5.29. The van der Waals surface area contributed by atoms with Gasteiger partial charge in [-0.25, -0.2) is 4.79 Å². The molecule has 0 bridgehead atoms. The van der Waals surface area contributed by atoms with E-state index in [1.807, 2.05) is 27.8 Å². The number of nitrogens with zero attached hydrogens (tertiary/aromatic N) is 1. The number of epoxide rings is 1. The van der Waals surface area contributed by atoms with Gasteiger partial charge >= 0.3 is 6.09 Å². The molecule has 1 rings (SSSR count). The first-order chi connectivity index (χ1) is 7.53. The number of hydrogen-bond acceptors (Lipinski definition) is 5. The quantitative estimate of drug-likeness (QED) is 0.311. The maximum Gasteiger partial charge on any atom is 0.433 e. The Hall–Kier alpha value is -1.14. The second-order valence-corrected chi connectivity index (χ2v) is 3.92. The average molecular weight is 229 g/mol. The van der Waals surface area contributed by atoms with Crippen molar-refractivity contribution >= 4 is 11.8 Å². The van der Waals surface area contributed by atoms with Crippen LogP contribution in [0.3, 0.4) is 0 Å². The van der Waals surface area contributed by atoms with E-state index in [1.54, 1.807) is 0 Å². The molecule has 1 aliphatic heterocycles. The van der Waals surface area contributed by atoms with Crippen molar-refractivity contribution in [1.29, 1.82) is 0 Å². The highest BCUT2D eigenvalue weighted by atomic mass is 16.7. The van der Waals surface area contributed by atoms with Crippen LogP contribution in [0.4, 0.5) is 4.79 Å². The normalized spacial score (nSPS) is 26.1. The first-order valence-corrected chi connectivity index (χ1v) is 5.38. The molecule has 0 spiro atoms. The van der Waals surface area contributed by atoms with E-state index in [1.165, 1.54) is 0 Å². The van der Waals surface area contributed by atoms with Crippen LogP contribution in [0.5, 0.6) is 0 Å². The number of carbonyl (C=O) groups is 1. The number of nitrogens with one attached hydrogen (secondary N) is 2. The Morgan fingerprint density at radius 2 is 2.31 bits per heavy atom. The Bertz CT molecular complexity index is 287. The molecule has 1 heterocycles. The minimum Gasteiger partial charge on any atom is -0.363 e. The summed E-state index contributed by atoms with van der Waals surface area (Å²) in [5, 5.41) is 9.41. The van der Waals surface area contributed by atoms with E-state index in [9.17, 15) is 4.79 Å². The lowest BCUT2D eigenvalue weighted by Gasteiger charge is -2.16. The van der Waals surface area contributed by atoms with Gasteiger partial charge < -0.3 is 15.4 Å². The second-order valence-electron chi connectivity index (χ2n) is 3.92. The summed E-state index contributed by atoms with van der Waals surface area (Å²) in [6.45, 7) is 6.79. The van der Waals surface area contributed by atoms with Crippen molar-refractivity contribution in [2.24, 2.45) is 5.16 Å². The van der Waals surface area contributed by atoms with Crippen LogP contribution in [-0.4, -0.2) is 43.6 Å². The fourth-order valence-corrected chi connectivity index (χ4v) is 1.29. The van der Waals surface area contributed by atoms with Gasteiger partial charge in [0.05, 0.1) is 6.61 Å². The molecule has 1 amide bonds. The Kier molecular flexibility index (Phi) is 4.26. The first-order valence-electron chi connectivity index (χ1n) is 5.38. The maximum absolute atomic E-state index is 11.1. The Morgan fingerprint density at radius 1 is 1.69 bits per heavy atom. The molecular formula is C10H19N3O3. The molecule has 0 unspecified atom stereocenters. The molecule has 1 fully saturated rings. The summed E-state index contributed by atoms with van der Waals surface area (Å²) in [4.78, 5) is 15.9. The fraction of sp³-hybridized carbons (Fsp3) is 0.800. The molecule has 2 N–H and O–H groups in total. The monoisotopic (exact) mass is 229 g/mol. The second kappa shape index (κ2) is 5.27. The van der Waals surface area contributed by atoms with Crippen molar-refractivity contribution < 1.29 is 14.4 Å². The highest BCUT2D eigenvalue weighted by Crippen LogP contribution is 2.29. The van der Waals surface area contributed by atoms with Gasteiger partial charge in [0.2, 0.25) is 0 Å².